The topological polar surface area (TPSA) is 86.9 Å². The Kier molecular flexibility index (Phi) is 4.65. The Hall–Kier alpha value is -1.14. The van der Waals surface area contributed by atoms with Crippen LogP contribution in [0.2, 0.25) is 0 Å². The van der Waals surface area contributed by atoms with Gasteiger partial charge in [0.1, 0.15) is 6.04 Å². The second-order valence-corrected chi connectivity index (χ2v) is 6.17. The molecule has 1 atom stereocenters. The molecule has 2 aliphatic rings. The molecule has 1 saturated carbocycles. The summed E-state index contributed by atoms with van der Waals surface area (Å²) in [5.41, 5.74) is 5.84. The molecule has 1 aliphatic carbocycles. The van der Waals surface area contributed by atoms with Crippen LogP contribution in [-0.2, 0) is 9.59 Å². The third-order valence-electron chi connectivity index (χ3n) is 4.95. The highest BCUT2D eigenvalue weighted by atomic mass is 16.4. The van der Waals surface area contributed by atoms with Crippen molar-refractivity contribution in [1.82, 2.24) is 9.80 Å². The average molecular weight is 283 g/mol. The summed E-state index contributed by atoms with van der Waals surface area (Å²) in [6, 6.07) is -0.478. The fourth-order valence-electron chi connectivity index (χ4n) is 3.08. The lowest BCUT2D eigenvalue weighted by Gasteiger charge is -2.43. The van der Waals surface area contributed by atoms with E-state index in [2.05, 4.69) is 0 Å². The van der Waals surface area contributed by atoms with Crippen molar-refractivity contribution in [1.29, 1.82) is 0 Å². The lowest BCUT2D eigenvalue weighted by Crippen LogP contribution is -2.54. The van der Waals surface area contributed by atoms with E-state index >= 15 is 0 Å². The third kappa shape index (κ3) is 3.12. The van der Waals surface area contributed by atoms with E-state index in [1.54, 1.807) is 6.92 Å². The van der Waals surface area contributed by atoms with Crippen LogP contribution < -0.4 is 5.73 Å². The Morgan fingerprint density at radius 2 is 1.85 bits per heavy atom. The molecule has 1 heterocycles. The highest BCUT2D eigenvalue weighted by molar-refractivity contribution is 5.77. The lowest BCUT2D eigenvalue weighted by molar-refractivity contribution is -0.144. The zero-order valence-electron chi connectivity index (χ0n) is 12.2. The summed E-state index contributed by atoms with van der Waals surface area (Å²) in [5, 5.41) is 9.00. The van der Waals surface area contributed by atoms with Crippen molar-refractivity contribution < 1.29 is 14.7 Å². The molecule has 6 heteroatoms. The van der Waals surface area contributed by atoms with Gasteiger partial charge in [0.2, 0.25) is 5.91 Å². The third-order valence-corrected chi connectivity index (χ3v) is 4.95. The maximum Gasteiger partial charge on any atom is 0.320 e. The van der Waals surface area contributed by atoms with Gasteiger partial charge < -0.3 is 15.7 Å². The van der Waals surface area contributed by atoms with Crippen LogP contribution in [0.1, 0.15) is 32.6 Å². The minimum absolute atomic E-state index is 0.0442. The van der Waals surface area contributed by atoms with Crippen molar-refractivity contribution >= 4 is 11.9 Å². The average Bonchev–Trinajstić information content (AvgIpc) is 2.42. The summed E-state index contributed by atoms with van der Waals surface area (Å²) >= 11 is 0. The number of hydrogen-bond acceptors (Lipinski definition) is 4. The maximum absolute atomic E-state index is 12.3. The molecule has 0 aromatic carbocycles. The highest BCUT2D eigenvalue weighted by Crippen LogP contribution is 2.43. The van der Waals surface area contributed by atoms with Crippen molar-refractivity contribution in [2.45, 2.75) is 38.6 Å². The van der Waals surface area contributed by atoms with Crippen LogP contribution >= 0.6 is 0 Å². The number of carbonyl (C=O) groups excluding carboxylic acids is 1. The molecule has 1 aliphatic heterocycles. The smallest absolute Gasteiger partial charge is 0.320 e. The van der Waals surface area contributed by atoms with Crippen LogP contribution in [0.15, 0.2) is 0 Å². The quantitative estimate of drug-likeness (QED) is 0.748. The predicted octanol–water partition coefficient (Wildman–Crippen LogP) is 0.123. The number of carbonyl (C=O) groups is 2. The van der Waals surface area contributed by atoms with Crippen LogP contribution in [0.3, 0.4) is 0 Å². The first-order valence-corrected chi connectivity index (χ1v) is 7.42. The summed E-state index contributed by atoms with van der Waals surface area (Å²) < 4.78 is 0. The molecule has 0 aromatic rings. The highest BCUT2D eigenvalue weighted by Gasteiger charge is 2.39. The van der Waals surface area contributed by atoms with Crippen LogP contribution in [-0.4, -0.2) is 65.5 Å². The monoisotopic (exact) mass is 283 g/mol. The first-order valence-electron chi connectivity index (χ1n) is 7.42. The normalized spacial score (nSPS) is 24.0. The van der Waals surface area contributed by atoms with Gasteiger partial charge in [-0.05, 0) is 31.7 Å². The fraction of sp³-hybridized carbons (Fsp3) is 0.857. The van der Waals surface area contributed by atoms with Gasteiger partial charge in [0.15, 0.2) is 0 Å². The van der Waals surface area contributed by atoms with Gasteiger partial charge in [-0.1, -0.05) is 6.42 Å². The molecule has 6 nitrogen and oxygen atoms in total. The number of carboxylic acids is 1. The Bertz CT molecular complexity index is 368. The van der Waals surface area contributed by atoms with Crippen LogP contribution in [0.25, 0.3) is 0 Å². The van der Waals surface area contributed by atoms with Crippen molar-refractivity contribution in [3.63, 3.8) is 0 Å². The molecule has 2 rings (SSSR count). The number of hydrogen-bond donors (Lipinski definition) is 2. The van der Waals surface area contributed by atoms with Gasteiger partial charge in [0.25, 0.3) is 0 Å². The molecule has 0 radical (unpaired) electrons. The SMILES string of the molecule is CC(C(=O)O)N1CCN(C(=O)CC2(CN)CCC2)CC1. The number of rotatable bonds is 5. The largest absolute Gasteiger partial charge is 0.480 e. The number of piperazine rings is 1. The van der Waals surface area contributed by atoms with Gasteiger partial charge in [-0.2, -0.15) is 0 Å². The second-order valence-electron chi connectivity index (χ2n) is 6.17. The van der Waals surface area contributed by atoms with E-state index in [1.807, 2.05) is 9.80 Å². The van der Waals surface area contributed by atoms with Crippen LogP contribution in [0, 0.1) is 5.41 Å². The fourth-order valence-corrected chi connectivity index (χ4v) is 3.08. The van der Waals surface area contributed by atoms with E-state index in [1.165, 1.54) is 6.42 Å². The molecular weight excluding hydrogens is 258 g/mol. The van der Waals surface area contributed by atoms with Crippen molar-refractivity contribution in [2.24, 2.45) is 11.1 Å². The molecule has 1 saturated heterocycles. The standard InChI is InChI=1S/C14H25N3O3/c1-11(13(19)20)16-5-7-17(8-6-16)12(18)9-14(10-15)3-2-4-14/h11H,2-10,15H2,1H3,(H,19,20). The van der Waals surface area contributed by atoms with Gasteiger partial charge in [-0.3, -0.25) is 14.5 Å². The number of carboxylic acid groups (broad SMARTS) is 1. The Labute approximate surface area is 119 Å². The molecule has 1 amide bonds. The molecule has 2 fully saturated rings. The van der Waals surface area contributed by atoms with Crippen LogP contribution in [0.4, 0.5) is 0 Å². The Morgan fingerprint density at radius 3 is 2.25 bits per heavy atom. The molecule has 0 aromatic heterocycles. The van der Waals surface area contributed by atoms with Gasteiger partial charge >= 0.3 is 5.97 Å². The van der Waals surface area contributed by atoms with Crippen LogP contribution in [0.5, 0.6) is 0 Å². The minimum atomic E-state index is -0.804. The minimum Gasteiger partial charge on any atom is -0.480 e. The number of amides is 1. The lowest BCUT2D eigenvalue weighted by atomic mass is 9.66. The Morgan fingerprint density at radius 1 is 1.25 bits per heavy atom. The van der Waals surface area contributed by atoms with Crippen molar-refractivity contribution in [2.75, 3.05) is 32.7 Å². The molecular formula is C14H25N3O3. The van der Waals surface area contributed by atoms with Crippen molar-refractivity contribution in [3.8, 4) is 0 Å². The first-order chi connectivity index (χ1) is 9.47. The van der Waals surface area contributed by atoms with E-state index in [4.69, 9.17) is 10.8 Å². The zero-order chi connectivity index (χ0) is 14.8. The van der Waals surface area contributed by atoms with E-state index in [-0.39, 0.29) is 11.3 Å². The summed E-state index contributed by atoms with van der Waals surface area (Å²) in [6.07, 6.45) is 3.85. The van der Waals surface area contributed by atoms with E-state index in [9.17, 15) is 9.59 Å². The summed E-state index contributed by atoms with van der Waals surface area (Å²) in [5.74, 6) is -0.626. The predicted molar refractivity (Wildman–Crippen MR) is 75.2 cm³/mol. The van der Waals surface area contributed by atoms with Crippen molar-refractivity contribution in [3.05, 3.63) is 0 Å². The molecule has 20 heavy (non-hydrogen) atoms. The Balaban J connectivity index is 1.81. The molecule has 3 N–H and O–H groups in total. The second kappa shape index (κ2) is 6.10. The molecule has 0 bridgehead atoms. The van der Waals surface area contributed by atoms with Gasteiger partial charge in [-0.25, -0.2) is 0 Å². The maximum atomic E-state index is 12.3. The number of nitrogens with two attached hydrogens (primary N) is 1. The molecule has 114 valence electrons. The molecule has 1 unspecified atom stereocenters. The first kappa shape index (κ1) is 15.3. The van der Waals surface area contributed by atoms with E-state index in [0.29, 0.717) is 39.1 Å². The summed E-state index contributed by atoms with van der Waals surface area (Å²) in [4.78, 5) is 27.0. The number of aliphatic carboxylic acids is 1. The van der Waals surface area contributed by atoms with Gasteiger partial charge in [0, 0.05) is 32.6 Å². The van der Waals surface area contributed by atoms with Gasteiger partial charge in [0.05, 0.1) is 0 Å². The van der Waals surface area contributed by atoms with Gasteiger partial charge in [-0.15, -0.1) is 0 Å². The van der Waals surface area contributed by atoms with E-state index in [0.717, 1.165) is 12.8 Å². The van der Waals surface area contributed by atoms with E-state index < -0.39 is 12.0 Å². The summed E-state index contributed by atoms with van der Waals surface area (Å²) in [7, 11) is 0. The molecule has 0 spiro atoms. The zero-order valence-corrected chi connectivity index (χ0v) is 12.2. The summed E-state index contributed by atoms with van der Waals surface area (Å²) in [6.45, 7) is 4.80. The number of nitrogens with zero attached hydrogens (tertiary/aromatic N) is 2.